The molecule has 3 atom stereocenters. The van der Waals surface area contributed by atoms with Gasteiger partial charge in [-0.05, 0) is 42.5 Å². The first-order chi connectivity index (χ1) is 12.6. The Morgan fingerprint density at radius 3 is 2.77 bits per heavy atom. The van der Waals surface area contributed by atoms with E-state index in [4.69, 9.17) is 9.15 Å². The lowest BCUT2D eigenvalue weighted by Gasteiger charge is -2.34. The lowest BCUT2D eigenvalue weighted by molar-refractivity contribution is -0.120. The summed E-state index contributed by atoms with van der Waals surface area (Å²) in [6.45, 7) is 4.48. The van der Waals surface area contributed by atoms with E-state index >= 15 is 0 Å². The number of thioether (sulfide) groups is 1. The number of rotatable bonds is 6. The van der Waals surface area contributed by atoms with Crippen LogP contribution in [0.3, 0.4) is 0 Å². The van der Waals surface area contributed by atoms with Crippen LogP contribution >= 0.6 is 11.8 Å². The molecule has 0 unspecified atom stereocenters. The first-order valence-corrected chi connectivity index (χ1v) is 9.95. The first-order valence-electron chi connectivity index (χ1n) is 8.97. The van der Waals surface area contributed by atoms with Crippen molar-refractivity contribution in [3.05, 3.63) is 24.3 Å². The molecule has 3 rings (SSSR count). The molecule has 0 radical (unpaired) electrons. The Hall–Kier alpha value is -2.02. The van der Waals surface area contributed by atoms with Gasteiger partial charge in [-0.2, -0.15) is 0 Å². The van der Waals surface area contributed by atoms with Crippen LogP contribution in [0.1, 0.15) is 33.1 Å². The third-order valence-electron chi connectivity index (χ3n) is 5.12. The summed E-state index contributed by atoms with van der Waals surface area (Å²) in [5.74, 6) is 2.68. The van der Waals surface area contributed by atoms with Crippen molar-refractivity contribution < 1.29 is 13.9 Å². The van der Waals surface area contributed by atoms with Crippen molar-refractivity contribution in [3.8, 4) is 17.2 Å². The number of hydrogen-bond donors (Lipinski definition) is 1. The van der Waals surface area contributed by atoms with Gasteiger partial charge in [0.25, 0.3) is 5.22 Å². The SMILES string of the molecule is COc1ccc(-c2nnc(SCC(=O)N[C@@H]3CCC[C@H](C)[C@H]3C)o2)cc1. The van der Waals surface area contributed by atoms with Gasteiger partial charge in [0.15, 0.2) is 0 Å². The van der Waals surface area contributed by atoms with Crippen LogP contribution in [0.5, 0.6) is 5.75 Å². The van der Waals surface area contributed by atoms with Gasteiger partial charge < -0.3 is 14.5 Å². The Kier molecular flexibility index (Phi) is 6.19. The topological polar surface area (TPSA) is 77.2 Å². The smallest absolute Gasteiger partial charge is 0.277 e. The van der Waals surface area contributed by atoms with Crippen LogP contribution in [0.15, 0.2) is 33.9 Å². The Bertz CT molecular complexity index is 732. The highest BCUT2D eigenvalue weighted by atomic mass is 32.2. The van der Waals surface area contributed by atoms with E-state index in [9.17, 15) is 4.79 Å². The van der Waals surface area contributed by atoms with Gasteiger partial charge >= 0.3 is 0 Å². The van der Waals surface area contributed by atoms with E-state index in [0.717, 1.165) is 17.7 Å². The van der Waals surface area contributed by atoms with Crippen LogP contribution < -0.4 is 10.1 Å². The van der Waals surface area contributed by atoms with Crippen molar-refractivity contribution in [1.82, 2.24) is 15.5 Å². The minimum Gasteiger partial charge on any atom is -0.497 e. The monoisotopic (exact) mass is 375 g/mol. The van der Waals surface area contributed by atoms with Crippen LogP contribution in [0.4, 0.5) is 0 Å². The van der Waals surface area contributed by atoms with Crippen molar-refractivity contribution in [1.29, 1.82) is 0 Å². The summed E-state index contributed by atoms with van der Waals surface area (Å²) in [5.41, 5.74) is 0.819. The third-order valence-corrected chi connectivity index (χ3v) is 5.94. The third kappa shape index (κ3) is 4.58. The van der Waals surface area contributed by atoms with Gasteiger partial charge in [0.2, 0.25) is 11.8 Å². The number of carbonyl (C=O) groups is 1. The van der Waals surface area contributed by atoms with Crippen LogP contribution in [0, 0.1) is 11.8 Å². The highest BCUT2D eigenvalue weighted by Crippen LogP contribution is 2.30. The number of ether oxygens (including phenoxy) is 1. The van der Waals surface area contributed by atoms with E-state index in [1.807, 2.05) is 24.3 Å². The highest BCUT2D eigenvalue weighted by molar-refractivity contribution is 7.99. The zero-order valence-electron chi connectivity index (χ0n) is 15.4. The van der Waals surface area contributed by atoms with Gasteiger partial charge in [0, 0.05) is 11.6 Å². The van der Waals surface area contributed by atoms with E-state index in [2.05, 4.69) is 29.4 Å². The molecule has 140 valence electrons. The molecule has 1 aromatic carbocycles. The Labute approximate surface area is 158 Å². The molecule has 0 bridgehead atoms. The Morgan fingerprint density at radius 2 is 2.04 bits per heavy atom. The van der Waals surface area contributed by atoms with Crippen molar-refractivity contribution in [2.45, 2.75) is 44.4 Å². The number of nitrogens with one attached hydrogen (secondary N) is 1. The molecule has 26 heavy (non-hydrogen) atoms. The van der Waals surface area contributed by atoms with Crippen LogP contribution in [0.25, 0.3) is 11.5 Å². The molecule has 1 aliphatic rings. The van der Waals surface area contributed by atoms with Crippen molar-refractivity contribution in [2.24, 2.45) is 11.8 Å². The molecule has 7 heteroatoms. The van der Waals surface area contributed by atoms with Crippen molar-refractivity contribution in [3.63, 3.8) is 0 Å². The zero-order valence-corrected chi connectivity index (χ0v) is 16.2. The van der Waals surface area contributed by atoms with E-state index in [1.165, 1.54) is 24.6 Å². The van der Waals surface area contributed by atoms with Crippen molar-refractivity contribution in [2.75, 3.05) is 12.9 Å². The molecule has 1 aliphatic carbocycles. The molecule has 1 heterocycles. The molecular weight excluding hydrogens is 350 g/mol. The summed E-state index contributed by atoms with van der Waals surface area (Å²) in [7, 11) is 1.62. The fraction of sp³-hybridized carbons (Fsp3) is 0.526. The lowest BCUT2D eigenvalue weighted by Crippen LogP contribution is -2.44. The molecule has 0 aliphatic heterocycles. The molecule has 1 saturated carbocycles. The van der Waals surface area contributed by atoms with Crippen LogP contribution in [0.2, 0.25) is 0 Å². The second-order valence-electron chi connectivity index (χ2n) is 6.83. The van der Waals surface area contributed by atoms with Crippen LogP contribution in [-0.4, -0.2) is 35.0 Å². The number of hydrogen-bond acceptors (Lipinski definition) is 6. The molecule has 1 aromatic heterocycles. The number of benzene rings is 1. The molecule has 1 amide bonds. The number of aromatic nitrogens is 2. The second kappa shape index (κ2) is 8.58. The molecule has 2 aromatic rings. The Morgan fingerprint density at radius 1 is 1.27 bits per heavy atom. The molecule has 6 nitrogen and oxygen atoms in total. The van der Waals surface area contributed by atoms with Gasteiger partial charge in [-0.15, -0.1) is 10.2 Å². The predicted octanol–water partition coefficient (Wildman–Crippen LogP) is 3.78. The number of methoxy groups -OCH3 is 1. The summed E-state index contributed by atoms with van der Waals surface area (Å²) >= 11 is 1.27. The maximum atomic E-state index is 12.2. The highest BCUT2D eigenvalue weighted by Gasteiger charge is 2.28. The number of carbonyl (C=O) groups excluding carboxylic acids is 1. The summed E-state index contributed by atoms with van der Waals surface area (Å²) in [5, 5.41) is 11.6. The van der Waals surface area contributed by atoms with Gasteiger partial charge in [-0.1, -0.05) is 38.5 Å². The van der Waals surface area contributed by atoms with Gasteiger partial charge in [0.05, 0.1) is 12.9 Å². The fourth-order valence-corrected chi connectivity index (χ4v) is 3.85. The van der Waals surface area contributed by atoms with Gasteiger partial charge in [0.1, 0.15) is 5.75 Å². The number of nitrogens with zero attached hydrogens (tertiary/aromatic N) is 2. The summed E-state index contributed by atoms with van der Waals surface area (Å²) in [4.78, 5) is 12.2. The zero-order chi connectivity index (χ0) is 18.5. The van der Waals surface area contributed by atoms with E-state index in [1.54, 1.807) is 7.11 Å². The number of amides is 1. The molecule has 1 N–H and O–H groups in total. The summed E-state index contributed by atoms with van der Waals surface area (Å²) in [6, 6.07) is 7.67. The van der Waals surface area contributed by atoms with Gasteiger partial charge in [-0.25, -0.2) is 0 Å². The maximum absolute atomic E-state index is 12.2. The van der Waals surface area contributed by atoms with E-state index in [0.29, 0.717) is 22.9 Å². The van der Waals surface area contributed by atoms with E-state index < -0.39 is 0 Å². The average Bonchev–Trinajstić information content (AvgIpc) is 3.13. The van der Waals surface area contributed by atoms with E-state index in [-0.39, 0.29) is 17.7 Å². The Balaban J connectivity index is 1.51. The standard InChI is InChI=1S/C19H25N3O3S/c1-12-5-4-6-16(13(12)2)20-17(23)11-26-19-22-21-18(25-19)14-7-9-15(24-3)10-8-14/h7-10,12-13,16H,4-6,11H2,1-3H3,(H,20,23)/t12-,13+,16+/m0/s1. The largest absolute Gasteiger partial charge is 0.497 e. The molecule has 0 spiro atoms. The minimum atomic E-state index is 0.0187. The summed E-state index contributed by atoms with van der Waals surface area (Å²) < 4.78 is 10.8. The lowest BCUT2D eigenvalue weighted by atomic mass is 9.78. The molecule has 0 saturated heterocycles. The normalized spacial score (nSPS) is 22.8. The average molecular weight is 375 g/mol. The molecular formula is C19H25N3O3S. The van der Waals surface area contributed by atoms with Crippen molar-refractivity contribution >= 4 is 17.7 Å². The van der Waals surface area contributed by atoms with Gasteiger partial charge in [-0.3, -0.25) is 4.79 Å². The predicted molar refractivity (Wildman–Crippen MR) is 101 cm³/mol. The summed E-state index contributed by atoms with van der Waals surface area (Å²) in [6.07, 6.45) is 3.49. The quantitative estimate of drug-likeness (QED) is 0.774. The molecule has 1 fully saturated rings. The maximum Gasteiger partial charge on any atom is 0.277 e. The first kappa shape index (κ1) is 18.8. The van der Waals surface area contributed by atoms with Crippen LogP contribution in [-0.2, 0) is 4.79 Å². The fourth-order valence-electron chi connectivity index (χ4n) is 3.28. The second-order valence-corrected chi connectivity index (χ2v) is 7.76. The minimum absolute atomic E-state index is 0.0187.